The zero-order chi connectivity index (χ0) is 6.69. The molecule has 1 heterocycles. The van der Waals surface area contributed by atoms with Crippen molar-refractivity contribution in [2.75, 3.05) is 13.1 Å². The van der Waals surface area contributed by atoms with Crippen molar-refractivity contribution in [3.63, 3.8) is 0 Å². The molecular formula is C7H14ClN. The first-order valence-electron chi connectivity index (χ1n) is 3.73. The van der Waals surface area contributed by atoms with Crippen molar-refractivity contribution in [3.8, 4) is 0 Å². The van der Waals surface area contributed by atoms with E-state index in [4.69, 9.17) is 11.8 Å². The monoisotopic (exact) mass is 147 g/mol. The standard InChI is InChI=1S/C7H14ClN/c1-2-7-4-3-5-9(8)6-7/h7H,2-6H2,1H3/t7-/m0/s1. The molecule has 0 aromatic heterocycles. The van der Waals surface area contributed by atoms with Crippen LogP contribution in [-0.2, 0) is 0 Å². The summed E-state index contributed by atoms with van der Waals surface area (Å²) in [5.74, 6) is 0.858. The largest absolute Gasteiger partial charge is 0.220 e. The molecule has 0 saturated carbocycles. The third-order valence-electron chi connectivity index (χ3n) is 2.05. The Bertz CT molecular complexity index is 85.0. The smallest absolute Gasteiger partial charge is 0.0167 e. The third-order valence-corrected chi connectivity index (χ3v) is 2.35. The molecule has 1 nitrogen and oxygen atoms in total. The van der Waals surface area contributed by atoms with Gasteiger partial charge in [0.1, 0.15) is 0 Å². The van der Waals surface area contributed by atoms with Gasteiger partial charge >= 0.3 is 0 Å². The number of rotatable bonds is 1. The summed E-state index contributed by atoms with van der Waals surface area (Å²) in [6, 6.07) is 0. The first-order chi connectivity index (χ1) is 4.33. The van der Waals surface area contributed by atoms with Crippen LogP contribution in [0.25, 0.3) is 0 Å². The third kappa shape index (κ3) is 2.15. The maximum absolute atomic E-state index is 5.82. The molecule has 1 fully saturated rings. The molecule has 0 spiro atoms. The van der Waals surface area contributed by atoms with Gasteiger partial charge in [-0.2, -0.15) is 0 Å². The normalized spacial score (nSPS) is 30.7. The fourth-order valence-corrected chi connectivity index (χ4v) is 1.66. The molecule has 54 valence electrons. The van der Waals surface area contributed by atoms with Crippen molar-refractivity contribution in [2.24, 2.45) is 5.92 Å². The van der Waals surface area contributed by atoms with Crippen molar-refractivity contribution >= 4 is 11.8 Å². The van der Waals surface area contributed by atoms with E-state index in [-0.39, 0.29) is 0 Å². The van der Waals surface area contributed by atoms with Crippen molar-refractivity contribution in [1.82, 2.24) is 4.42 Å². The number of hydrogen-bond acceptors (Lipinski definition) is 1. The van der Waals surface area contributed by atoms with E-state index in [0.717, 1.165) is 19.0 Å². The van der Waals surface area contributed by atoms with Crippen molar-refractivity contribution in [2.45, 2.75) is 26.2 Å². The molecule has 0 amide bonds. The Morgan fingerprint density at radius 1 is 1.67 bits per heavy atom. The first kappa shape index (κ1) is 7.36. The Kier molecular flexibility index (Phi) is 2.80. The van der Waals surface area contributed by atoms with Crippen molar-refractivity contribution in [3.05, 3.63) is 0 Å². The minimum absolute atomic E-state index is 0.858. The van der Waals surface area contributed by atoms with Crippen molar-refractivity contribution < 1.29 is 0 Å². The average Bonchev–Trinajstić information content (AvgIpc) is 1.88. The lowest BCUT2D eigenvalue weighted by Crippen LogP contribution is -2.27. The molecule has 1 aliphatic heterocycles. The highest BCUT2D eigenvalue weighted by molar-refractivity contribution is 6.13. The second-order valence-electron chi connectivity index (χ2n) is 2.79. The van der Waals surface area contributed by atoms with E-state index in [1.165, 1.54) is 19.3 Å². The first-order valence-corrected chi connectivity index (χ1v) is 4.07. The highest BCUT2D eigenvalue weighted by atomic mass is 35.5. The summed E-state index contributed by atoms with van der Waals surface area (Å²) in [7, 11) is 0. The van der Waals surface area contributed by atoms with Gasteiger partial charge in [0.25, 0.3) is 0 Å². The van der Waals surface area contributed by atoms with E-state index in [2.05, 4.69) is 6.92 Å². The predicted molar refractivity (Wildman–Crippen MR) is 40.4 cm³/mol. The summed E-state index contributed by atoms with van der Waals surface area (Å²) in [4.78, 5) is 0. The molecular weight excluding hydrogens is 134 g/mol. The molecule has 0 aromatic rings. The second kappa shape index (κ2) is 3.43. The van der Waals surface area contributed by atoms with E-state index in [1.807, 2.05) is 4.42 Å². The van der Waals surface area contributed by atoms with E-state index in [1.54, 1.807) is 0 Å². The highest BCUT2D eigenvalue weighted by Gasteiger charge is 2.15. The maximum atomic E-state index is 5.82. The summed E-state index contributed by atoms with van der Waals surface area (Å²) in [5, 5.41) is 0. The van der Waals surface area contributed by atoms with Gasteiger partial charge in [-0.1, -0.05) is 13.3 Å². The van der Waals surface area contributed by atoms with Gasteiger partial charge in [-0.15, -0.1) is 0 Å². The Labute approximate surface area is 62.1 Å². The van der Waals surface area contributed by atoms with Crippen LogP contribution in [0.2, 0.25) is 0 Å². The van der Waals surface area contributed by atoms with Gasteiger partial charge in [0.2, 0.25) is 0 Å². The van der Waals surface area contributed by atoms with Crippen LogP contribution in [0.1, 0.15) is 26.2 Å². The lowest BCUT2D eigenvalue weighted by Gasteiger charge is -2.26. The summed E-state index contributed by atoms with van der Waals surface area (Å²) in [6.07, 6.45) is 3.94. The topological polar surface area (TPSA) is 3.24 Å². The van der Waals surface area contributed by atoms with E-state index < -0.39 is 0 Å². The number of piperidine rings is 1. The van der Waals surface area contributed by atoms with Crippen LogP contribution in [0.3, 0.4) is 0 Å². The molecule has 0 aliphatic carbocycles. The summed E-state index contributed by atoms with van der Waals surface area (Å²) in [6.45, 7) is 4.41. The van der Waals surface area contributed by atoms with Gasteiger partial charge in [-0.3, -0.25) is 0 Å². The van der Waals surface area contributed by atoms with Gasteiger partial charge in [0.05, 0.1) is 0 Å². The lowest BCUT2D eigenvalue weighted by molar-refractivity contribution is 0.271. The summed E-state index contributed by atoms with van der Waals surface area (Å²) < 4.78 is 1.91. The molecule has 0 aromatic carbocycles. The van der Waals surface area contributed by atoms with Crippen LogP contribution in [-0.4, -0.2) is 17.5 Å². The molecule has 9 heavy (non-hydrogen) atoms. The predicted octanol–water partition coefficient (Wildman–Crippen LogP) is 2.26. The molecule has 1 saturated heterocycles. The van der Waals surface area contributed by atoms with Crippen LogP contribution in [0.5, 0.6) is 0 Å². The quantitative estimate of drug-likeness (QED) is 0.515. The minimum Gasteiger partial charge on any atom is -0.220 e. The van der Waals surface area contributed by atoms with Gasteiger partial charge in [0.15, 0.2) is 0 Å². The molecule has 1 rings (SSSR count). The van der Waals surface area contributed by atoms with Crippen LogP contribution in [0.4, 0.5) is 0 Å². The Morgan fingerprint density at radius 2 is 2.44 bits per heavy atom. The van der Waals surface area contributed by atoms with E-state index in [9.17, 15) is 0 Å². The van der Waals surface area contributed by atoms with Crippen LogP contribution >= 0.6 is 11.8 Å². The van der Waals surface area contributed by atoms with E-state index in [0.29, 0.717) is 0 Å². The number of hydrogen-bond donors (Lipinski definition) is 0. The van der Waals surface area contributed by atoms with E-state index >= 15 is 0 Å². The molecule has 0 radical (unpaired) electrons. The SMILES string of the molecule is CC[C@H]1CCCN(Cl)C1. The fourth-order valence-electron chi connectivity index (χ4n) is 1.35. The minimum atomic E-state index is 0.858. The molecule has 1 aliphatic rings. The Morgan fingerprint density at radius 3 is 2.89 bits per heavy atom. The van der Waals surface area contributed by atoms with Crippen LogP contribution in [0.15, 0.2) is 0 Å². The maximum Gasteiger partial charge on any atom is 0.0167 e. The van der Waals surface area contributed by atoms with Gasteiger partial charge in [-0.05, 0) is 30.5 Å². The molecule has 0 unspecified atom stereocenters. The van der Waals surface area contributed by atoms with Gasteiger partial charge < -0.3 is 0 Å². The zero-order valence-electron chi connectivity index (χ0n) is 5.94. The summed E-state index contributed by atoms with van der Waals surface area (Å²) >= 11 is 5.82. The molecule has 2 heteroatoms. The molecule has 1 atom stereocenters. The fraction of sp³-hybridized carbons (Fsp3) is 1.00. The average molecular weight is 148 g/mol. The second-order valence-corrected chi connectivity index (χ2v) is 3.26. The Balaban J connectivity index is 2.23. The summed E-state index contributed by atoms with van der Waals surface area (Å²) in [5.41, 5.74) is 0. The Hall–Kier alpha value is 0.250. The van der Waals surface area contributed by atoms with Crippen molar-refractivity contribution in [1.29, 1.82) is 0 Å². The van der Waals surface area contributed by atoms with Crippen LogP contribution < -0.4 is 0 Å². The van der Waals surface area contributed by atoms with Gasteiger partial charge in [0, 0.05) is 13.1 Å². The highest BCUT2D eigenvalue weighted by Crippen LogP contribution is 2.19. The lowest BCUT2D eigenvalue weighted by atomic mass is 9.97. The molecule has 0 N–H and O–H groups in total. The molecule has 0 bridgehead atoms. The van der Waals surface area contributed by atoms with Crippen LogP contribution in [0, 0.1) is 5.92 Å². The zero-order valence-corrected chi connectivity index (χ0v) is 6.69. The number of nitrogens with zero attached hydrogens (tertiary/aromatic N) is 1. The number of halogens is 1. The van der Waals surface area contributed by atoms with Gasteiger partial charge in [-0.25, -0.2) is 4.42 Å².